The molecule has 1 aromatic carbocycles. The van der Waals surface area contributed by atoms with Gasteiger partial charge in [0.25, 0.3) is 0 Å². The maximum Gasteiger partial charge on any atom is 0.119 e. The van der Waals surface area contributed by atoms with Crippen LogP contribution in [0.5, 0.6) is 5.75 Å². The number of rotatable bonds is 6. The molecule has 1 N–H and O–H groups in total. The quantitative estimate of drug-likeness (QED) is 0.825. The third kappa shape index (κ3) is 2.99. The van der Waals surface area contributed by atoms with Gasteiger partial charge in [0.15, 0.2) is 0 Å². The number of ether oxygens (including phenoxy) is 2. The van der Waals surface area contributed by atoms with E-state index in [4.69, 9.17) is 9.47 Å². The van der Waals surface area contributed by atoms with Crippen LogP contribution in [0.4, 0.5) is 0 Å². The highest BCUT2D eigenvalue weighted by Gasteiger charge is 2.32. The summed E-state index contributed by atoms with van der Waals surface area (Å²) in [6.45, 7) is 4.25. The molecule has 17 heavy (non-hydrogen) atoms. The van der Waals surface area contributed by atoms with E-state index in [-0.39, 0.29) is 11.6 Å². The zero-order chi connectivity index (χ0) is 12.9. The molecule has 2 unspecified atom stereocenters. The summed E-state index contributed by atoms with van der Waals surface area (Å²) in [6.07, 6.45) is 0.937. The zero-order valence-electron chi connectivity index (χ0n) is 11.4. The van der Waals surface area contributed by atoms with Gasteiger partial charge in [0.2, 0.25) is 0 Å². The van der Waals surface area contributed by atoms with Crippen LogP contribution < -0.4 is 10.1 Å². The van der Waals surface area contributed by atoms with Gasteiger partial charge in [0.05, 0.1) is 18.8 Å². The monoisotopic (exact) mass is 237 g/mol. The van der Waals surface area contributed by atoms with Crippen molar-refractivity contribution >= 4 is 0 Å². The van der Waals surface area contributed by atoms with Gasteiger partial charge < -0.3 is 14.8 Å². The van der Waals surface area contributed by atoms with Crippen LogP contribution in [-0.2, 0) is 4.74 Å². The molecule has 1 aromatic rings. The lowest BCUT2D eigenvalue weighted by Crippen LogP contribution is -2.41. The number of benzene rings is 1. The highest BCUT2D eigenvalue weighted by Crippen LogP contribution is 2.32. The van der Waals surface area contributed by atoms with Crippen LogP contribution in [0, 0.1) is 0 Å². The first-order valence-corrected chi connectivity index (χ1v) is 5.97. The van der Waals surface area contributed by atoms with Crippen LogP contribution >= 0.6 is 0 Å². The summed E-state index contributed by atoms with van der Waals surface area (Å²) in [5, 5.41) is 3.33. The first-order chi connectivity index (χ1) is 8.11. The summed E-state index contributed by atoms with van der Waals surface area (Å²) < 4.78 is 10.9. The Balaban J connectivity index is 3.08. The molecule has 0 aromatic heterocycles. The highest BCUT2D eigenvalue weighted by atomic mass is 16.5. The second-order valence-corrected chi connectivity index (χ2v) is 4.37. The number of methoxy groups -OCH3 is 2. The molecule has 3 heteroatoms. The molecule has 0 aliphatic rings. The lowest BCUT2D eigenvalue weighted by molar-refractivity contribution is -0.0280. The Kier molecular flexibility index (Phi) is 4.97. The number of hydrogen-bond donors (Lipinski definition) is 1. The fourth-order valence-corrected chi connectivity index (χ4v) is 2.11. The van der Waals surface area contributed by atoms with Gasteiger partial charge in [-0.2, -0.15) is 0 Å². The Morgan fingerprint density at radius 2 is 2.06 bits per heavy atom. The predicted molar refractivity (Wildman–Crippen MR) is 70.5 cm³/mol. The molecule has 2 atom stereocenters. The molecule has 96 valence electrons. The van der Waals surface area contributed by atoms with Gasteiger partial charge in [-0.25, -0.2) is 0 Å². The molecule has 0 heterocycles. The average Bonchev–Trinajstić information content (AvgIpc) is 2.39. The molecule has 0 bridgehead atoms. The first kappa shape index (κ1) is 14.0. The third-order valence-corrected chi connectivity index (χ3v) is 3.49. The van der Waals surface area contributed by atoms with E-state index in [1.165, 1.54) is 5.56 Å². The minimum atomic E-state index is -0.221. The molecule has 0 radical (unpaired) electrons. The minimum absolute atomic E-state index is 0.146. The van der Waals surface area contributed by atoms with Gasteiger partial charge in [-0.3, -0.25) is 0 Å². The second kappa shape index (κ2) is 6.03. The van der Waals surface area contributed by atoms with Gasteiger partial charge in [-0.15, -0.1) is 0 Å². The van der Waals surface area contributed by atoms with Crippen molar-refractivity contribution in [3.05, 3.63) is 29.8 Å². The van der Waals surface area contributed by atoms with Crippen molar-refractivity contribution < 1.29 is 9.47 Å². The van der Waals surface area contributed by atoms with Gasteiger partial charge >= 0.3 is 0 Å². The highest BCUT2D eigenvalue weighted by molar-refractivity contribution is 5.32. The standard InChI is InChI=1S/C14H23NO2/c1-6-14(2,17-5)13(15-3)11-8-7-9-12(10-11)16-4/h7-10,13,15H,6H2,1-5H3. The Morgan fingerprint density at radius 3 is 2.53 bits per heavy atom. The smallest absolute Gasteiger partial charge is 0.119 e. The van der Waals surface area contributed by atoms with Crippen molar-refractivity contribution in [2.75, 3.05) is 21.3 Å². The van der Waals surface area contributed by atoms with E-state index in [0.29, 0.717) is 0 Å². The lowest BCUT2D eigenvalue weighted by atomic mass is 9.87. The van der Waals surface area contributed by atoms with Crippen LogP contribution in [0.25, 0.3) is 0 Å². The number of likely N-dealkylation sites (N-methyl/N-ethyl adjacent to an activating group) is 1. The summed E-state index contributed by atoms with van der Waals surface area (Å²) in [7, 11) is 5.40. The number of hydrogen-bond acceptors (Lipinski definition) is 3. The van der Waals surface area contributed by atoms with Gasteiger partial charge in [-0.1, -0.05) is 19.1 Å². The van der Waals surface area contributed by atoms with Crippen molar-refractivity contribution in [2.45, 2.75) is 31.9 Å². The van der Waals surface area contributed by atoms with Crippen molar-refractivity contribution in [1.82, 2.24) is 5.32 Å². The average molecular weight is 237 g/mol. The van der Waals surface area contributed by atoms with Crippen molar-refractivity contribution in [1.29, 1.82) is 0 Å². The summed E-state index contributed by atoms with van der Waals surface area (Å²) in [5.41, 5.74) is 0.958. The molecule has 0 aliphatic heterocycles. The molecule has 0 spiro atoms. The van der Waals surface area contributed by atoms with E-state index in [9.17, 15) is 0 Å². The van der Waals surface area contributed by atoms with Gasteiger partial charge in [-0.05, 0) is 38.1 Å². The predicted octanol–water partition coefficient (Wildman–Crippen LogP) is 2.77. The van der Waals surface area contributed by atoms with E-state index < -0.39 is 0 Å². The molecular formula is C14H23NO2. The van der Waals surface area contributed by atoms with E-state index in [0.717, 1.165) is 12.2 Å². The van der Waals surface area contributed by atoms with E-state index in [1.54, 1.807) is 14.2 Å². The fourth-order valence-electron chi connectivity index (χ4n) is 2.11. The molecular weight excluding hydrogens is 214 g/mol. The molecule has 0 saturated carbocycles. The molecule has 0 aliphatic carbocycles. The maximum atomic E-state index is 5.66. The van der Waals surface area contributed by atoms with Crippen LogP contribution in [0.15, 0.2) is 24.3 Å². The van der Waals surface area contributed by atoms with E-state index in [2.05, 4.69) is 25.2 Å². The topological polar surface area (TPSA) is 30.5 Å². The summed E-state index contributed by atoms with van der Waals surface area (Å²) >= 11 is 0. The van der Waals surface area contributed by atoms with E-state index in [1.807, 2.05) is 25.2 Å². The molecule has 1 rings (SSSR count). The largest absolute Gasteiger partial charge is 0.497 e. The van der Waals surface area contributed by atoms with Crippen molar-refractivity contribution in [3.63, 3.8) is 0 Å². The lowest BCUT2D eigenvalue weighted by Gasteiger charge is -2.36. The molecule has 0 fully saturated rings. The van der Waals surface area contributed by atoms with Crippen molar-refractivity contribution in [2.24, 2.45) is 0 Å². The third-order valence-electron chi connectivity index (χ3n) is 3.49. The minimum Gasteiger partial charge on any atom is -0.497 e. The summed E-state index contributed by atoms with van der Waals surface area (Å²) in [6, 6.07) is 8.24. The summed E-state index contributed by atoms with van der Waals surface area (Å²) in [5.74, 6) is 0.873. The van der Waals surface area contributed by atoms with Crippen LogP contribution in [0.3, 0.4) is 0 Å². The first-order valence-electron chi connectivity index (χ1n) is 5.97. The van der Waals surface area contributed by atoms with Crippen LogP contribution in [-0.4, -0.2) is 26.9 Å². The molecule has 0 saturated heterocycles. The molecule has 3 nitrogen and oxygen atoms in total. The zero-order valence-corrected chi connectivity index (χ0v) is 11.4. The van der Waals surface area contributed by atoms with E-state index >= 15 is 0 Å². The normalized spacial score (nSPS) is 16.3. The van der Waals surface area contributed by atoms with Crippen molar-refractivity contribution in [3.8, 4) is 5.75 Å². The summed E-state index contributed by atoms with van der Waals surface area (Å²) in [4.78, 5) is 0. The van der Waals surface area contributed by atoms with Gasteiger partial charge in [0.1, 0.15) is 5.75 Å². The Labute approximate surface area is 104 Å². The SMILES string of the molecule is CCC(C)(OC)C(NC)c1cccc(OC)c1. The van der Waals surface area contributed by atoms with Crippen LogP contribution in [0.2, 0.25) is 0 Å². The maximum absolute atomic E-state index is 5.66. The Morgan fingerprint density at radius 1 is 1.35 bits per heavy atom. The second-order valence-electron chi connectivity index (χ2n) is 4.37. The van der Waals surface area contributed by atoms with Crippen LogP contribution in [0.1, 0.15) is 31.9 Å². The molecule has 0 amide bonds. The van der Waals surface area contributed by atoms with Gasteiger partial charge in [0, 0.05) is 7.11 Å². The Hall–Kier alpha value is -1.06. The Bertz CT molecular complexity index is 348. The fraction of sp³-hybridized carbons (Fsp3) is 0.571. The number of nitrogens with one attached hydrogen (secondary N) is 1.